The van der Waals surface area contributed by atoms with Gasteiger partial charge in [0.2, 0.25) is 10.0 Å². The molecule has 1 aromatic rings. The van der Waals surface area contributed by atoms with E-state index >= 15 is 0 Å². The summed E-state index contributed by atoms with van der Waals surface area (Å²) in [5, 5.41) is 9.34. The molecule has 0 aliphatic rings. The molecule has 112 valence electrons. The molecule has 0 aliphatic carbocycles. The average molecular weight is 358 g/mol. The zero-order chi connectivity index (χ0) is 15.3. The van der Waals surface area contributed by atoms with Crippen LogP contribution >= 0.6 is 35.0 Å². The lowest BCUT2D eigenvalue weighted by Crippen LogP contribution is -2.41. The van der Waals surface area contributed by atoms with Gasteiger partial charge in [-0.2, -0.15) is 16.5 Å². The maximum absolute atomic E-state index is 12.1. The van der Waals surface area contributed by atoms with Gasteiger partial charge in [0.25, 0.3) is 0 Å². The van der Waals surface area contributed by atoms with Crippen molar-refractivity contribution in [3.63, 3.8) is 0 Å². The molecule has 0 heterocycles. The summed E-state index contributed by atoms with van der Waals surface area (Å²) in [4.78, 5) is 10.9. The van der Waals surface area contributed by atoms with Crippen molar-refractivity contribution in [2.75, 3.05) is 12.0 Å². The van der Waals surface area contributed by atoms with Crippen molar-refractivity contribution < 1.29 is 18.3 Å². The molecule has 2 N–H and O–H groups in total. The molecule has 0 aliphatic heterocycles. The first kappa shape index (κ1) is 17.6. The molecule has 0 unspecified atom stereocenters. The fourth-order valence-corrected chi connectivity index (χ4v) is 3.45. The minimum Gasteiger partial charge on any atom is -0.480 e. The van der Waals surface area contributed by atoms with Gasteiger partial charge in [-0.25, -0.2) is 8.42 Å². The number of hydrogen-bond donors (Lipinski definition) is 2. The zero-order valence-corrected chi connectivity index (χ0v) is 13.6. The number of hydrogen-bond acceptors (Lipinski definition) is 4. The standard InChI is InChI=1S/C11H13Cl2NO4S2/c1-19-5-4-10(11(15)16)14-20(17,18)7-2-3-8(12)9(13)6-7/h2-3,6,10,14H,4-5H2,1H3,(H,15,16)/t10-/m0/s1. The molecule has 9 heteroatoms. The molecular formula is C11H13Cl2NO4S2. The highest BCUT2D eigenvalue weighted by atomic mass is 35.5. The van der Waals surface area contributed by atoms with E-state index in [9.17, 15) is 13.2 Å². The highest BCUT2D eigenvalue weighted by molar-refractivity contribution is 7.98. The molecule has 0 amide bonds. The van der Waals surface area contributed by atoms with Gasteiger partial charge in [-0.3, -0.25) is 4.79 Å². The van der Waals surface area contributed by atoms with E-state index in [1.54, 1.807) is 0 Å². The topological polar surface area (TPSA) is 83.5 Å². The average Bonchev–Trinajstić information content (AvgIpc) is 2.37. The highest BCUT2D eigenvalue weighted by Gasteiger charge is 2.25. The Morgan fingerprint density at radius 1 is 1.40 bits per heavy atom. The summed E-state index contributed by atoms with van der Waals surface area (Å²) in [6.07, 6.45) is 2.00. The summed E-state index contributed by atoms with van der Waals surface area (Å²) in [5.74, 6) is -0.691. The van der Waals surface area contributed by atoms with Crippen LogP contribution in [0.5, 0.6) is 0 Å². The van der Waals surface area contributed by atoms with E-state index in [0.29, 0.717) is 5.75 Å². The number of thioether (sulfide) groups is 1. The molecule has 5 nitrogen and oxygen atoms in total. The maximum atomic E-state index is 12.1. The Morgan fingerprint density at radius 2 is 2.05 bits per heavy atom. The highest BCUT2D eigenvalue weighted by Crippen LogP contribution is 2.24. The van der Waals surface area contributed by atoms with E-state index in [2.05, 4.69) is 4.72 Å². The van der Waals surface area contributed by atoms with Gasteiger partial charge in [-0.05, 0) is 36.6 Å². The predicted octanol–water partition coefficient (Wildman–Crippen LogP) is 2.48. The van der Waals surface area contributed by atoms with Gasteiger partial charge in [-0.1, -0.05) is 23.2 Å². The predicted molar refractivity (Wildman–Crippen MR) is 81.2 cm³/mol. The SMILES string of the molecule is CSCC[C@H](NS(=O)(=O)c1ccc(Cl)c(Cl)c1)C(=O)O. The van der Waals surface area contributed by atoms with Crippen LogP contribution in [0.2, 0.25) is 10.0 Å². The number of nitrogens with one attached hydrogen (secondary N) is 1. The summed E-state index contributed by atoms with van der Waals surface area (Å²) >= 11 is 12.9. The van der Waals surface area contributed by atoms with Crippen molar-refractivity contribution in [3.8, 4) is 0 Å². The molecule has 0 saturated heterocycles. The Bertz CT molecular complexity index is 592. The second-order valence-electron chi connectivity index (χ2n) is 3.87. The number of aliphatic carboxylic acids is 1. The Labute approximate surface area is 131 Å². The van der Waals surface area contributed by atoms with Gasteiger partial charge in [0.1, 0.15) is 6.04 Å². The summed E-state index contributed by atoms with van der Waals surface area (Å²) in [5.41, 5.74) is 0. The molecule has 0 saturated carbocycles. The minimum absolute atomic E-state index is 0.0885. The van der Waals surface area contributed by atoms with Crippen LogP contribution in [0.3, 0.4) is 0 Å². The Morgan fingerprint density at radius 3 is 2.55 bits per heavy atom. The number of halogens is 2. The third-order valence-corrected chi connectivity index (χ3v) is 5.26. The molecular weight excluding hydrogens is 345 g/mol. The van der Waals surface area contributed by atoms with Crippen LogP contribution in [0.4, 0.5) is 0 Å². The number of sulfonamides is 1. The largest absolute Gasteiger partial charge is 0.480 e. The monoisotopic (exact) mass is 357 g/mol. The smallest absolute Gasteiger partial charge is 0.321 e. The number of rotatable bonds is 7. The third-order valence-electron chi connectivity index (χ3n) is 2.41. The fraction of sp³-hybridized carbons (Fsp3) is 0.364. The molecule has 0 aromatic heterocycles. The van der Waals surface area contributed by atoms with Gasteiger partial charge in [0.15, 0.2) is 0 Å². The molecule has 20 heavy (non-hydrogen) atoms. The van der Waals surface area contributed by atoms with E-state index < -0.39 is 22.0 Å². The maximum Gasteiger partial charge on any atom is 0.321 e. The van der Waals surface area contributed by atoms with Crippen molar-refractivity contribution in [2.45, 2.75) is 17.4 Å². The number of carboxylic acid groups (broad SMARTS) is 1. The molecule has 0 radical (unpaired) electrons. The van der Waals surface area contributed by atoms with Crippen LogP contribution in [0, 0.1) is 0 Å². The zero-order valence-electron chi connectivity index (χ0n) is 10.5. The van der Waals surface area contributed by atoms with Crippen molar-refractivity contribution >= 4 is 51.0 Å². The van der Waals surface area contributed by atoms with Crippen molar-refractivity contribution in [3.05, 3.63) is 28.2 Å². The number of carboxylic acids is 1. The van der Waals surface area contributed by atoms with Gasteiger partial charge in [0, 0.05) is 0 Å². The first-order valence-corrected chi connectivity index (χ1v) is 9.10. The van der Waals surface area contributed by atoms with E-state index in [1.165, 1.54) is 30.0 Å². The summed E-state index contributed by atoms with van der Waals surface area (Å²) in [6.45, 7) is 0. The first-order chi connectivity index (χ1) is 9.27. The summed E-state index contributed by atoms with van der Waals surface area (Å²) < 4.78 is 26.3. The molecule has 1 aromatic carbocycles. The molecule has 0 spiro atoms. The van der Waals surface area contributed by atoms with Crippen LogP contribution in [-0.2, 0) is 14.8 Å². The fourth-order valence-electron chi connectivity index (χ4n) is 1.37. The Kier molecular flexibility index (Phi) is 6.60. The Hall–Kier alpha value is -0.470. The lowest BCUT2D eigenvalue weighted by Gasteiger charge is -2.14. The second-order valence-corrected chi connectivity index (χ2v) is 7.38. The molecule has 0 bridgehead atoms. The lowest BCUT2D eigenvalue weighted by molar-refractivity contribution is -0.139. The van der Waals surface area contributed by atoms with Crippen LogP contribution in [0.15, 0.2) is 23.1 Å². The molecule has 0 fully saturated rings. The normalized spacial score (nSPS) is 13.2. The second kappa shape index (κ2) is 7.51. The lowest BCUT2D eigenvalue weighted by atomic mass is 10.2. The van der Waals surface area contributed by atoms with Crippen LogP contribution in [-0.4, -0.2) is 37.5 Å². The van der Waals surface area contributed by atoms with Gasteiger partial charge in [-0.15, -0.1) is 0 Å². The van der Waals surface area contributed by atoms with Crippen molar-refractivity contribution in [2.24, 2.45) is 0 Å². The van der Waals surface area contributed by atoms with E-state index in [0.717, 1.165) is 0 Å². The minimum atomic E-state index is -3.96. The van der Waals surface area contributed by atoms with E-state index in [4.69, 9.17) is 28.3 Å². The quantitative estimate of drug-likeness (QED) is 0.782. The van der Waals surface area contributed by atoms with Crippen molar-refractivity contribution in [1.82, 2.24) is 4.72 Å². The first-order valence-electron chi connectivity index (χ1n) is 5.47. The van der Waals surface area contributed by atoms with Gasteiger partial charge < -0.3 is 5.11 Å². The summed E-state index contributed by atoms with van der Waals surface area (Å²) in [6, 6.07) is 2.61. The molecule has 1 atom stereocenters. The van der Waals surface area contributed by atoms with Crippen LogP contribution in [0.25, 0.3) is 0 Å². The van der Waals surface area contributed by atoms with Gasteiger partial charge >= 0.3 is 5.97 Å². The van der Waals surface area contributed by atoms with E-state index in [-0.39, 0.29) is 21.4 Å². The molecule has 1 rings (SSSR count). The number of benzene rings is 1. The third kappa shape index (κ3) is 4.82. The summed E-state index contributed by atoms with van der Waals surface area (Å²) in [7, 11) is -3.96. The van der Waals surface area contributed by atoms with Gasteiger partial charge in [0.05, 0.1) is 14.9 Å². The van der Waals surface area contributed by atoms with Crippen LogP contribution < -0.4 is 4.72 Å². The van der Waals surface area contributed by atoms with Crippen molar-refractivity contribution in [1.29, 1.82) is 0 Å². The number of carbonyl (C=O) groups is 1. The van der Waals surface area contributed by atoms with Crippen LogP contribution in [0.1, 0.15) is 6.42 Å². The Balaban J connectivity index is 2.97. The van der Waals surface area contributed by atoms with E-state index in [1.807, 2.05) is 6.26 Å².